The van der Waals surface area contributed by atoms with Crippen molar-refractivity contribution in [1.82, 2.24) is 29.4 Å². The van der Waals surface area contributed by atoms with Crippen molar-refractivity contribution in [3.05, 3.63) is 40.3 Å². The van der Waals surface area contributed by atoms with Gasteiger partial charge in [0.2, 0.25) is 0 Å². The van der Waals surface area contributed by atoms with E-state index in [1.165, 1.54) is 4.40 Å². The first-order valence-electron chi connectivity index (χ1n) is 6.29. The molecule has 3 aromatic heterocycles. The van der Waals surface area contributed by atoms with Crippen LogP contribution in [0, 0.1) is 6.92 Å². The van der Waals surface area contributed by atoms with E-state index in [1.54, 1.807) is 17.7 Å². The first kappa shape index (κ1) is 12.4. The highest BCUT2D eigenvalue weighted by Gasteiger charge is 2.06. The van der Waals surface area contributed by atoms with Crippen molar-refractivity contribution in [2.75, 3.05) is 11.9 Å². The minimum Gasteiger partial charge on any atom is -0.370 e. The van der Waals surface area contributed by atoms with Crippen LogP contribution in [0.25, 0.3) is 5.65 Å². The molecule has 8 nitrogen and oxygen atoms in total. The molecule has 104 valence electrons. The van der Waals surface area contributed by atoms with E-state index in [4.69, 9.17) is 0 Å². The van der Waals surface area contributed by atoms with Gasteiger partial charge in [0.25, 0.3) is 0 Å². The molecule has 20 heavy (non-hydrogen) atoms. The normalized spacial score (nSPS) is 11.1. The summed E-state index contributed by atoms with van der Waals surface area (Å²) in [6, 6.07) is 1.74. The predicted molar refractivity (Wildman–Crippen MR) is 73.7 cm³/mol. The van der Waals surface area contributed by atoms with Crippen LogP contribution < -0.4 is 11.0 Å². The summed E-state index contributed by atoms with van der Waals surface area (Å²) in [6.45, 7) is 2.51. The maximum absolute atomic E-state index is 11.5. The Balaban J connectivity index is 1.73. The molecule has 0 unspecified atom stereocenters. The molecule has 0 saturated heterocycles. The van der Waals surface area contributed by atoms with E-state index in [1.807, 2.05) is 19.4 Å². The molecule has 8 heteroatoms. The number of fused-ring (bicyclic) bond motifs is 1. The van der Waals surface area contributed by atoms with Gasteiger partial charge in [0.05, 0.1) is 6.20 Å². The zero-order chi connectivity index (χ0) is 14.1. The summed E-state index contributed by atoms with van der Waals surface area (Å²) < 4.78 is 3.21. The topological polar surface area (TPSA) is 92.9 Å². The van der Waals surface area contributed by atoms with Crippen LogP contribution in [0.2, 0.25) is 0 Å². The number of nitrogens with one attached hydrogen (secondary N) is 2. The molecular formula is C12H15N7O. The molecule has 0 amide bonds. The second-order valence-electron chi connectivity index (χ2n) is 4.61. The Bertz CT molecular complexity index is 798. The van der Waals surface area contributed by atoms with E-state index in [9.17, 15) is 4.79 Å². The van der Waals surface area contributed by atoms with Crippen LogP contribution in [0.3, 0.4) is 0 Å². The molecule has 0 atom stereocenters. The van der Waals surface area contributed by atoms with Crippen molar-refractivity contribution in [2.24, 2.45) is 7.05 Å². The molecule has 3 aromatic rings. The minimum absolute atomic E-state index is 0.271. The fourth-order valence-corrected chi connectivity index (χ4v) is 2.12. The number of hydrogen-bond acceptors (Lipinski definition) is 5. The van der Waals surface area contributed by atoms with E-state index in [-0.39, 0.29) is 5.69 Å². The number of anilines is 1. The van der Waals surface area contributed by atoms with Crippen LogP contribution in [0.4, 0.5) is 5.82 Å². The Morgan fingerprint density at radius 3 is 3.05 bits per heavy atom. The van der Waals surface area contributed by atoms with E-state index >= 15 is 0 Å². The van der Waals surface area contributed by atoms with Gasteiger partial charge in [-0.1, -0.05) is 0 Å². The Labute approximate surface area is 114 Å². The van der Waals surface area contributed by atoms with Crippen molar-refractivity contribution in [3.63, 3.8) is 0 Å². The highest BCUT2D eigenvalue weighted by atomic mass is 16.1. The number of aryl methyl sites for hydroxylation is 2. The molecule has 0 bridgehead atoms. The average Bonchev–Trinajstić information content (AvgIpc) is 2.97. The third-order valence-electron chi connectivity index (χ3n) is 3.05. The van der Waals surface area contributed by atoms with Crippen molar-refractivity contribution >= 4 is 11.5 Å². The second-order valence-corrected chi connectivity index (χ2v) is 4.61. The van der Waals surface area contributed by atoms with E-state index < -0.39 is 0 Å². The van der Waals surface area contributed by atoms with Gasteiger partial charge < -0.3 is 5.32 Å². The van der Waals surface area contributed by atoms with Crippen LogP contribution in [0.5, 0.6) is 0 Å². The Kier molecular flexibility index (Phi) is 2.97. The molecule has 3 rings (SSSR count). The van der Waals surface area contributed by atoms with Crippen molar-refractivity contribution < 1.29 is 0 Å². The number of rotatable bonds is 4. The largest absolute Gasteiger partial charge is 0.370 e. The Morgan fingerprint density at radius 1 is 1.45 bits per heavy atom. The third kappa shape index (κ3) is 2.27. The van der Waals surface area contributed by atoms with Gasteiger partial charge in [-0.25, -0.2) is 19.3 Å². The molecule has 0 aliphatic carbocycles. The van der Waals surface area contributed by atoms with Gasteiger partial charge in [0.1, 0.15) is 11.6 Å². The molecule has 0 fully saturated rings. The van der Waals surface area contributed by atoms with Gasteiger partial charge in [-0.3, -0.25) is 4.68 Å². The van der Waals surface area contributed by atoms with Crippen LogP contribution in [-0.4, -0.2) is 35.9 Å². The molecule has 0 spiro atoms. The second kappa shape index (κ2) is 4.80. The number of aromatic nitrogens is 6. The summed E-state index contributed by atoms with van der Waals surface area (Å²) >= 11 is 0. The summed E-state index contributed by atoms with van der Waals surface area (Å²) in [5, 5.41) is 13.7. The first-order chi connectivity index (χ1) is 9.63. The zero-order valence-corrected chi connectivity index (χ0v) is 11.3. The number of H-pyrrole nitrogens is 1. The number of hydrogen-bond donors (Lipinski definition) is 2. The minimum atomic E-state index is -0.271. The highest BCUT2D eigenvalue weighted by molar-refractivity contribution is 5.49. The lowest BCUT2D eigenvalue weighted by molar-refractivity contribution is 0.767. The molecule has 0 aliphatic rings. The van der Waals surface area contributed by atoms with Crippen LogP contribution in [0.1, 0.15) is 11.4 Å². The lowest BCUT2D eigenvalue weighted by atomic mass is 10.2. The fraction of sp³-hybridized carbons (Fsp3) is 0.333. The van der Waals surface area contributed by atoms with Gasteiger partial charge in [0.15, 0.2) is 5.65 Å². The van der Waals surface area contributed by atoms with Crippen LogP contribution in [0.15, 0.2) is 23.3 Å². The number of aromatic amines is 1. The van der Waals surface area contributed by atoms with Gasteiger partial charge in [-0.15, -0.1) is 0 Å². The maximum Gasteiger partial charge on any atom is 0.349 e. The van der Waals surface area contributed by atoms with Crippen molar-refractivity contribution in [3.8, 4) is 0 Å². The molecule has 0 radical (unpaired) electrons. The van der Waals surface area contributed by atoms with E-state index in [2.05, 4.69) is 25.6 Å². The van der Waals surface area contributed by atoms with Crippen molar-refractivity contribution in [2.45, 2.75) is 13.3 Å². The van der Waals surface area contributed by atoms with Crippen LogP contribution in [-0.2, 0) is 13.5 Å². The Hall–Kier alpha value is -2.64. The average molecular weight is 273 g/mol. The molecule has 0 saturated carbocycles. The van der Waals surface area contributed by atoms with Gasteiger partial charge >= 0.3 is 5.69 Å². The van der Waals surface area contributed by atoms with E-state index in [0.717, 1.165) is 18.5 Å². The van der Waals surface area contributed by atoms with Crippen LogP contribution >= 0.6 is 0 Å². The number of nitrogens with zero attached hydrogens (tertiary/aromatic N) is 5. The molecule has 3 heterocycles. The highest BCUT2D eigenvalue weighted by Crippen LogP contribution is 2.08. The summed E-state index contributed by atoms with van der Waals surface area (Å²) in [5.41, 5.74) is 1.45. The monoisotopic (exact) mass is 273 g/mol. The quantitative estimate of drug-likeness (QED) is 0.704. The summed E-state index contributed by atoms with van der Waals surface area (Å²) in [4.78, 5) is 15.8. The molecule has 2 N–H and O–H groups in total. The standard InChI is InChI=1S/C12H15N7O/c1-8-15-10(5-11-16-17-12(20)19(8)11)13-4-3-9-6-14-18(2)7-9/h5-7,13H,3-4H2,1-2H3,(H,17,20). The van der Waals surface area contributed by atoms with Gasteiger partial charge in [0, 0.05) is 25.9 Å². The maximum atomic E-state index is 11.5. The molecular weight excluding hydrogens is 258 g/mol. The first-order valence-corrected chi connectivity index (χ1v) is 6.29. The summed E-state index contributed by atoms with van der Waals surface area (Å²) in [6.07, 6.45) is 4.68. The smallest absolute Gasteiger partial charge is 0.349 e. The molecule has 0 aromatic carbocycles. The van der Waals surface area contributed by atoms with Gasteiger partial charge in [-0.2, -0.15) is 10.2 Å². The third-order valence-corrected chi connectivity index (χ3v) is 3.05. The predicted octanol–water partition coefficient (Wildman–Crippen LogP) is 0.114. The van der Waals surface area contributed by atoms with Crippen molar-refractivity contribution in [1.29, 1.82) is 0 Å². The fourth-order valence-electron chi connectivity index (χ4n) is 2.12. The zero-order valence-electron chi connectivity index (χ0n) is 11.3. The SMILES string of the molecule is Cc1nc(NCCc2cnn(C)c2)cc2n[nH]c(=O)n12. The lowest BCUT2D eigenvalue weighted by Gasteiger charge is -2.06. The molecule has 0 aliphatic heterocycles. The lowest BCUT2D eigenvalue weighted by Crippen LogP contribution is -2.14. The van der Waals surface area contributed by atoms with Gasteiger partial charge in [-0.05, 0) is 18.9 Å². The summed E-state index contributed by atoms with van der Waals surface area (Å²) in [5.74, 6) is 1.31. The van der Waals surface area contributed by atoms with E-state index in [0.29, 0.717) is 17.3 Å². The summed E-state index contributed by atoms with van der Waals surface area (Å²) in [7, 11) is 1.89. The Morgan fingerprint density at radius 2 is 2.30 bits per heavy atom.